The molecule has 0 radical (unpaired) electrons. The van der Waals surface area contributed by atoms with Gasteiger partial charge in [0, 0.05) is 42.2 Å². The Balaban J connectivity index is 1.64. The number of aromatic nitrogens is 1. The van der Waals surface area contributed by atoms with Gasteiger partial charge < -0.3 is 15.4 Å². The molecular weight excluding hydrogens is 382 g/mol. The third-order valence-electron chi connectivity index (χ3n) is 5.19. The Morgan fingerprint density at radius 3 is 2.62 bits per heavy atom. The Kier molecular flexibility index (Phi) is 7.64. The van der Waals surface area contributed by atoms with Crippen molar-refractivity contribution in [3.05, 3.63) is 40.9 Å². The molecule has 6 nitrogen and oxygen atoms in total. The highest BCUT2D eigenvalue weighted by Crippen LogP contribution is 2.28. The third kappa shape index (κ3) is 6.01. The van der Waals surface area contributed by atoms with Crippen molar-refractivity contribution < 1.29 is 4.74 Å². The minimum atomic E-state index is 0.0425. The first-order valence-corrected chi connectivity index (χ1v) is 11.2. The van der Waals surface area contributed by atoms with Gasteiger partial charge in [0.25, 0.3) is 0 Å². The Hall–Kier alpha value is -1.96. The van der Waals surface area contributed by atoms with Gasteiger partial charge in [-0.3, -0.25) is 4.90 Å². The van der Waals surface area contributed by atoms with Crippen molar-refractivity contribution in [1.82, 2.24) is 20.5 Å². The van der Waals surface area contributed by atoms with E-state index in [2.05, 4.69) is 55.4 Å². The quantitative estimate of drug-likeness (QED) is 0.537. The summed E-state index contributed by atoms with van der Waals surface area (Å²) in [5.41, 5.74) is 2.26. The summed E-state index contributed by atoms with van der Waals surface area (Å²) in [5, 5.41) is 7.95. The zero-order valence-electron chi connectivity index (χ0n) is 18.0. The molecule has 3 rings (SSSR count). The van der Waals surface area contributed by atoms with Crippen LogP contribution in [0.25, 0.3) is 10.6 Å². The van der Waals surface area contributed by atoms with Crippen molar-refractivity contribution in [1.29, 1.82) is 0 Å². The van der Waals surface area contributed by atoms with E-state index in [1.807, 2.05) is 18.2 Å². The van der Waals surface area contributed by atoms with Gasteiger partial charge in [-0.1, -0.05) is 30.3 Å². The lowest BCUT2D eigenvalue weighted by atomic mass is 10.0. The molecule has 0 spiro atoms. The van der Waals surface area contributed by atoms with Gasteiger partial charge in [0.2, 0.25) is 0 Å². The normalized spacial score (nSPS) is 16.1. The molecule has 7 heteroatoms. The molecule has 1 aliphatic rings. The lowest BCUT2D eigenvalue weighted by molar-refractivity contribution is -0.00834. The molecule has 2 aromatic rings. The smallest absolute Gasteiger partial charge is 0.191 e. The lowest BCUT2D eigenvalue weighted by Gasteiger charge is -2.41. The minimum Gasteiger partial charge on any atom is -0.379 e. The van der Waals surface area contributed by atoms with Crippen LogP contribution < -0.4 is 10.6 Å². The van der Waals surface area contributed by atoms with E-state index < -0.39 is 0 Å². The van der Waals surface area contributed by atoms with Crippen molar-refractivity contribution >= 4 is 17.3 Å². The van der Waals surface area contributed by atoms with Crippen molar-refractivity contribution in [3.8, 4) is 10.6 Å². The number of ether oxygens (including phenoxy) is 1. The summed E-state index contributed by atoms with van der Waals surface area (Å²) in [6, 6.07) is 10.3. The molecule has 0 aliphatic carbocycles. The molecule has 0 saturated carbocycles. The number of guanidine groups is 1. The number of nitrogens with one attached hydrogen (secondary N) is 2. The largest absolute Gasteiger partial charge is 0.379 e. The second-order valence-corrected chi connectivity index (χ2v) is 8.94. The molecular formula is C22H33N5OS. The molecule has 0 amide bonds. The summed E-state index contributed by atoms with van der Waals surface area (Å²) < 4.78 is 5.49. The van der Waals surface area contributed by atoms with Crippen LogP contribution in [-0.2, 0) is 11.3 Å². The average molecular weight is 416 g/mol. The molecule has 0 atom stereocenters. The van der Waals surface area contributed by atoms with E-state index in [0.29, 0.717) is 6.54 Å². The van der Waals surface area contributed by atoms with Gasteiger partial charge in [0.1, 0.15) is 5.01 Å². The van der Waals surface area contributed by atoms with E-state index in [4.69, 9.17) is 14.7 Å². The van der Waals surface area contributed by atoms with Gasteiger partial charge in [-0.25, -0.2) is 9.98 Å². The van der Waals surface area contributed by atoms with E-state index in [-0.39, 0.29) is 5.54 Å². The van der Waals surface area contributed by atoms with E-state index in [0.717, 1.165) is 61.6 Å². The molecule has 0 unspecified atom stereocenters. The van der Waals surface area contributed by atoms with Crippen molar-refractivity contribution in [2.75, 3.05) is 39.4 Å². The highest BCUT2D eigenvalue weighted by molar-refractivity contribution is 7.15. The van der Waals surface area contributed by atoms with Gasteiger partial charge in [-0.15, -0.1) is 11.3 Å². The van der Waals surface area contributed by atoms with Crippen LogP contribution >= 0.6 is 11.3 Å². The molecule has 2 N–H and O–H groups in total. The first-order valence-electron chi connectivity index (χ1n) is 10.4. The molecule has 1 aliphatic heterocycles. The highest BCUT2D eigenvalue weighted by Gasteiger charge is 2.28. The van der Waals surface area contributed by atoms with E-state index in [1.165, 1.54) is 4.88 Å². The SMILES string of the molecule is CCNC(=NCc1sc(-c2ccccc2)nc1C)NCC(C)(C)N1CCOCC1. The molecule has 1 aromatic heterocycles. The number of thiazole rings is 1. The van der Waals surface area contributed by atoms with Crippen molar-refractivity contribution in [2.45, 2.75) is 39.8 Å². The summed E-state index contributed by atoms with van der Waals surface area (Å²) in [4.78, 5) is 13.2. The summed E-state index contributed by atoms with van der Waals surface area (Å²) in [6.45, 7) is 14.6. The monoisotopic (exact) mass is 415 g/mol. The van der Waals surface area contributed by atoms with E-state index in [1.54, 1.807) is 11.3 Å². The van der Waals surface area contributed by atoms with Crippen molar-refractivity contribution in [2.24, 2.45) is 4.99 Å². The Bertz CT molecular complexity index is 797. The second-order valence-electron chi connectivity index (χ2n) is 7.85. The fourth-order valence-corrected chi connectivity index (χ4v) is 4.34. The first kappa shape index (κ1) is 21.7. The molecule has 29 heavy (non-hydrogen) atoms. The maximum Gasteiger partial charge on any atom is 0.191 e. The fraction of sp³-hybridized carbons (Fsp3) is 0.545. The van der Waals surface area contributed by atoms with Crippen LogP contribution in [-0.4, -0.2) is 60.8 Å². The number of aryl methyl sites for hydroxylation is 1. The maximum atomic E-state index is 5.49. The number of aliphatic imine (C=N–C) groups is 1. The molecule has 2 heterocycles. The topological polar surface area (TPSA) is 61.8 Å². The molecule has 1 fully saturated rings. The van der Waals surface area contributed by atoms with Crippen LogP contribution in [0.3, 0.4) is 0 Å². The predicted octanol–water partition coefficient (Wildman–Crippen LogP) is 3.28. The number of rotatable bonds is 7. The van der Waals surface area contributed by atoms with Crippen LogP contribution in [0.2, 0.25) is 0 Å². The maximum absolute atomic E-state index is 5.49. The van der Waals surface area contributed by atoms with Gasteiger partial charge in [-0.2, -0.15) is 0 Å². The zero-order chi connectivity index (χ0) is 20.7. The number of hydrogen-bond acceptors (Lipinski definition) is 5. The Morgan fingerprint density at radius 1 is 1.21 bits per heavy atom. The van der Waals surface area contributed by atoms with Crippen LogP contribution in [0.4, 0.5) is 0 Å². The summed E-state index contributed by atoms with van der Waals surface area (Å²) >= 11 is 1.72. The van der Waals surface area contributed by atoms with Gasteiger partial charge in [-0.05, 0) is 27.7 Å². The lowest BCUT2D eigenvalue weighted by Crippen LogP contribution is -2.56. The van der Waals surface area contributed by atoms with E-state index in [9.17, 15) is 0 Å². The number of morpholine rings is 1. The van der Waals surface area contributed by atoms with Crippen LogP contribution in [0, 0.1) is 6.92 Å². The molecule has 1 saturated heterocycles. The van der Waals surface area contributed by atoms with Crippen LogP contribution in [0.15, 0.2) is 35.3 Å². The third-order valence-corrected chi connectivity index (χ3v) is 6.39. The molecule has 158 valence electrons. The average Bonchev–Trinajstić information content (AvgIpc) is 3.12. The Labute approximate surface area is 178 Å². The summed E-state index contributed by atoms with van der Waals surface area (Å²) in [7, 11) is 0. The van der Waals surface area contributed by atoms with Gasteiger partial charge in [0.15, 0.2) is 5.96 Å². The zero-order valence-corrected chi connectivity index (χ0v) is 18.8. The van der Waals surface area contributed by atoms with Crippen LogP contribution in [0.5, 0.6) is 0 Å². The number of hydrogen-bond donors (Lipinski definition) is 2. The number of nitrogens with zero attached hydrogens (tertiary/aromatic N) is 3. The Morgan fingerprint density at radius 2 is 1.93 bits per heavy atom. The first-order chi connectivity index (χ1) is 14.0. The predicted molar refractivity (Wildman–Crippen MR) is 122 cm³/mol. The summed E-state index contributed by atoms with van der Waals surface area (Å²) in [5.74, 6) is 0.850. The molecule has 0 bridgehead atoms. The van der Waals surface area contributed by atoms with E-state index >= 15 is 0 Å². The molecule has 1 aromatic carbocycles. The van der Waals surface area contributed by atoms with Gasteiger partial charge >= 0.3 is 0 Å². The van der Waals surface area contributed by atoms with Gasteiger partial charge in [0.05, 0.1) is 25.5 Å². The highest BCUT2D eigenvalue weighted by atomic mass is 32.1. The second kappa shape index (κ2) is 10.2. The van der Waals surface area contributed by atoms with Crippen molar-refractivity contribution in [3.63, 3.8) is 0 Å². The minimum absolute atomic E-state index is 0.0425. The number of benzene rings is 1. The standard InChI is InChI=1S/C22H33N5OS/c1-5-23-21(25-16-22(3,4)27-11-13-28-14-12-27)24-15-19-17(2)26-20(29-19)18-9-7-6-8-10-18/h6-10H,5,11-16H2,1-4H3,(H2,23,24,25). The van der Waals surface area contributed by atoms with Crippen LogP contribution in [0.1, 0.15) is 31.3 Å². The summed E-state index contributed by atoms with van der Waals surface area (Å²) in [6.07, 6.45) is 0. The fourth-order valence-electron chi connectivity index (χ4n) is 3.35.